The smallest absolute Gasteiger partial charge is 0.340 e. The number of aryl methyl sites for hydroxylation is 1. The summed E-state index contributed by atoms with van der Waals surface area (Å²) in [4.78, 5) is 25.3. The van der Waals surface area contributed by atoms with Gasteiger partial charge in [0.25, 0.3) is 5.91 Å². The van der Waals surface area contributed by atoms with E-state index in [0.717, 1.165) is 17.7 Å². The van der Waals surface area contributed by atoms with Gasteiger partial charge in [0.15, 0.2) is 0 Å². The minimum absolute atomic E-state index is 0.262. The number of carbonyl (C=O) groups is 2. The quantitative estimate of drug-likeness (QED) is 0.775. The predicted molar refractivity (Wildman–Crippen MR) is 91.7 cm³/mol. The van der Waals surface area contributed by atoms with Crippen molar-refractivity contribution in [3.63, 3.8) is 0 Å². The maximum atomic E-state index is 12.4. The number of amides is 1. The van der Waals surface area contributed by atoms with Gasteiger partial charge in [-0.3, -0.25) is 4.79 Å². The second kappa shape index (κ2) is 7.56. The second-order valence-electron chi connectivity index (χ2n) is 4.63. The third kappa shape index (κ3) is 3.75. The van der Waals surface area contributed by atoms with Gasteiger partial charge in [-0.05, 0) is 40.5 Å². The molecule has 1 aromatic carbocycles. The summed E-state index contributed by atoms with van der Waals surface area (Å²) in [6, 6.07) is 8.93. The normalized spacial score (nSPS) is 10.3. The standard InChI is InChI=1S/C16H16BrNO3S/c1-3-6-10-9-12(16(20)21-2)15(22-10)18-14(19)11-7-4-5-8-13(11)17/h4-5,7-9H,3,6H2,1-2H3,(H,18,19). The Morgan fingerprint density at radius 1 is 1.27 bits per heavy atom. The first-order valence-electron chi connectivity index (χ1n) is 6.83. The van der Waals surface area contributed by atoms with E-state index in [9.17, 15) is 9.59 Å². The highest BCUT2D eigenvalue weighted by molar-refractivity contribution is 9.10. The highest BCUT2D eigenvalue weighted by Gasteiger charge is 2.19. The fraction of sp³-hybridized carbons (Fsp3) is 0.250. The van der Waals surface area contributed by atoms with Crippen molar-refractivity contribution < 1.29 is 14.3 Å². The fourth-order valence-electron chi connectivity index (χ4n) is 1.98. The molecule has 0 spiro atoms. The number of carbonyl (C=O) groups excluding carboxylic acids is 2. The number of rotatable bonds is 5. The van der Waals surface area contributed by atoms with Gasteiger partial charge in [-0.25, -0.2) is 4.79 Å². The Morgan fingerprint density at radius 2 is 2.00 bits per heavy atom. The number of anilines is 1. The number of thiophene rings is 1. The van der Waals surface area contributed by atoms with Gasteiger partial charge in [-0.2, -0.15) is 0 Å². The van der Waals surface area contributed by atoms with E-state index in [2.05, 4.69) is 28.2 Å². The highest BCUT2D eigenvalue weighted by Crippen LogP contribution is 2.30. The van der Waals surface area contributed by atoms with Crippen molar-refractivity contribution in [1.82, 2.24) is 0 Å². The van der Waals surface area contributed by atoms with Gasteiger partial charge >= 0.3 is 5.97 Å². The minimum Gasteiger partial charge on any atom is -0.465 e. The SMILES string of the molecule is CCCc1cc(C(=O)OC)c(NC(=O)c2ccccc2Br)s1. The van der Waals surface area contributed by atoms with Crippen LogP contribution in [0.5, 0.6) is 0 Å². The number of benzene rings is 1. The Labute approximate surface area is 141 Å². The number of nitrogens with one attached hydrogen (secondary N) is 1. The van der Waals surface area contributed by atoms with Crippen molar-refractivity contribution in [2.75, 3.05) is 12.4 Å². The minimum atomic E-state index is -0.443. The van der Waals surface area contributed by atoms with Crippen molar-refractivity contribution >= 4 is 44.1 Å². The zero-order chi connectivity index (χ0) is 16.1. The Bertz CT molecular complexity index is 696. The van der Waals surface area contributed by atoms with E-state index in [0.29, 0.717) is 20.6 Å². The molecule has 1 aromatic heterocycles. The lowest BCUT2D eigenvalue weighted by Gasteiger charge is -2.06. The lowest BCUT2D eigenvalue weighted by atomic mass is 10.2. The molecule has 0 aliphatic heterocycles. The van der Waals surface area contributed by atoms with Crippen molar-refractivity contribution in [3.05, 3.63) is 50.8 Å². The second-order valence-corrected chi connectivity index (χ2v) is 6.62. The maximum absolute atomic E-state index is 12.4. The van der Waals surface area contributed by atoms with Crippen LogP contribution in [0.4, 0.5) is 5.00 Å². The molecule has 0 saturated carbocycles. The molecule has 1 heterocycles. The zero-order valence-electron chi connectivity index (χ0n) is 12.3. The molecule has 1 N–H and O–H groups in total. The Hall–Kier alpha value is -1.66. The average molecular weight is 382 g/mol. The Morgan fingerprint density at radius 3 is 2.64 bits per heavy atom. The summed E-state index contributed by atoms with van der Waals surface area (Å²) in [7, 11) is 1.33. The van der Waals surface area contributed by atoms with E-state index in [1.54, 1.807) is 24.3 Å². The molecule has 2 rings (SSSR count). The number of ether oxygens (including phenoxy) is 1. The molecule has 22 heavy (non-hydrogen) atoms. The van der Waals surface area contributed by atoms with Gasteiger partial charge in [0.1, 0.15) is 5.00 Å². The molecule has 116 valence electrons. The third-order valence-corrected chi connectivity index (χ3v) is 4.83. The summed E-state index contributed by atoms with van der Waals surface area (Å²) in [5, 5.41) is 3.33. The van der Waals surface area contributed by atoms with Crippen LogP contribution in [0.3, 0.4) is 0 Å². The maximum Gasteiger partial charge on any atom is 0.340 e. The van der Waals surface area contributed by atoms with Crippen molar-refractivity contribution in [2.45, 2.75) is 19.8 Å². The van der Waals surface area contributed by atoms with Gasteiger partial charge in [0, 0.05) is 9.35 Å². The largest absolute Gasteiger partial charge is 0.465 e. The van der Waals surface area contributed by atoms with Gasteiger partial charge < -0.3 is 10.1 Å². The first-order chi connectivity index (χ1) is 10.6. The van der Waals surface area contributed by atoms with E-state index in [1.807, 2.05) is 6.07 Å². The van der Waals surface area contributed by atoms with Crippen LogP contribution in [0.2, 0.25) is 0 Å². The molecule has 4 nitrogen and oxygen atoms in total. The molecule has 0 fully saturated rings. The molecular formula is C16H16BrNO3S. The third-order valence-electron chi connectivity index (χ3n) is 3.03. The van der Waals surface area contributed by atoms with E-state index in [1.165, 1.54) is 18.4 Å². The predicted octanol–water partition coefficient (Wildman–Crippen LogP) is 4.50. The summed E-state index contributed by atoms with van der Waals surface area (Å²) in [5.74, 6) is -0.705. The average Bonchev–Trinajstić information content (AvgIpc) is 2.89. The van der Waals surface area contributed by atoms with Crippen molar-refractivity contribution in [2.24, 2.45) is 0 Å². The lowest BCUT2D eigenvalue weighted by molar-refractivity contribution is 0.0602. The van der Waals surface area contributed by atoms with E-state index < -0.39 is 5.97 Å². The topological polar surface area (TPSA) is 55.4 Å². The van der Waals surface area contributed by atoms with Crippen LogP contribution in [0.15, 0.2) is 34.8 Å². The van der Waals surface area contributed by atoms with Crippen LogP contribution >= 0.6 is 27.3 Å². The number of hydrogen-bond acceptors (Lipinski definition) is 4. The molecular weight excluding hydrogens is 366 g/mol. The molecule has 0 saturated heterocycles. The molecule has 0 unspecified atom stereocenters. The first-order valence-corrected chi connectivity index (χ1v) is 8.44. The monoisotopic (exact) mass is 381 g/mol. The van der Waals surface area contributed by atoms with Gasteiger partial charge in [-0.15, -0.1) is 11.3 Å². The lowest BCUT2D eigenvalue weighted by Crippen LogP contribution is -2.14. The van der Waals surface area contributed by atoms with Crippen LogP contribution in [-0.4, -0.2) is 19.0 Å². The van der Waals surface area contributed by atoms with Gasteiger partial charge in [0.2, 0.25) is 0 Å². The molecule has 0 aliphatic carbocycles. The van der Waals surface area contributed by atoms with Crippen LogP contribution in [-0.2, 0) is 11.2 Å². The molecule has 0 aliphatic rings. The molecule has 0 atom stereocenters. The summed E-state index contributed by atoms with van der Waals surface area (Å²) in [6.07, 6.45) is 1.83. The Kier molecular flexibility index (Phi) is 5.74. The van der Waals surface area contributed by atoms with E-state index in [4.69, 9.17) is 4.74 Å². The Balaban J connectivity index is 2.30. The first kappa shape index (κ1) is 16.7. The molecule has 2 aromatic rings. The summed E-state index contributed by atoms with van der Waals surface area (Å²) >= 11 is 4.76. The van der Waals surface area contributed by atoms with Crippen molar-refractivity contribution in [1.29, 1.82) is 0 Å². The molecule has 1 amide bonds. The summed E-state index contributed by atoms with van der Waals surface area (Å²) in [6.45, 7) is 2.07. The number of methoxy groups -OCH3 is 1. The van der Waals surface area contributed by atoms with E-state index in [-0.39, 0.29) is 5.91 Å². The van der Waals surface area contributed by atoms with Crippen LogP contribution in [0.1, 0.15) is 38.9 Å². The van der Waals surface area contributed by atoms with Crippen molar-refractivity contribution in [3.8, 4) is 0 Å². The van der Waals surface area contributed by atoms with Gasteiger partial charge in [0.05, 0.1) is 18.2 Å². The number of halogens is 1. The molecule has 0 bridgehead atoms. The zero-order valence-corrected chi connectivity index (χ0v) is 14.7. The van der Waals surface area contributed by atoms with E-state index >= 15 is 0 Å². The number of esters is 1. The summed E-state index contributed by atoms with van der Waals surface area (Å²) in [5.41, 5.74) is 0.917. The van der Waals surface area contributed by atoms with Crippen LogP contribution in [0, 0.1) is 0 Å². The van der Waals surface area contributed by atoms with Crippen LogP contribution < -0.4 is 5.32 Å². The van der Waals surface area contributed by atoms with Gasteiger partial charge in [-0.1, -0.05) is 25.5 Å². The van der Waals surface area contributed by atoms with Crippen LogP contribution in [0.25, 0.3) is 0 Å². The summed E-state index contributed by atoms with van der Waals surface area (Å²) < 4.78 is 5.49. The molecule has 6 heteroatoms. The molecule has 0 radical (unpaired) electrons. The number of hydrogen-bond donors (Lipinski definition) is 1. The highest BCUT2D eigenvalue weighted by atomic mass is 79.9. The fourth-order valence-corrected chi connectivity index (χ4v) is 3.59.